The minimum atomic E-state index is 1.13. The van der Waals surface area contributed by atoms with Gasteiger partial charge in [0.2, 0.25) is 0 Å². The molecule has 0 bridgehead atoms. The zero-order chi connectivity index (χ0) is 8.84. The predicted octanol–water partition coefficient (Wildman–Crippen LogP) is 3.82. The summed E-state index contributed by atoms with van der Waals surface area (Å²) in [6.45, 7) is 2.18. The van der Waals surface area contributed by atoms with Gasteiger partial charge >= 0.3 is 0 Å². The molecule has 0 N–H and O–H groups in total. The number of hydrogen-bond donors (Lipinski definition) is 0. The summed E-state index contributed by atoms with van der Waals surface area (Å²) in [6, 6.07) is 4.17. The molecule has 0 amide bonds. The molecule has 0 aliphatic rings. The first-order valence-corrected chi connectivity index (χ1v) is 5.83. The van der Waals surface area contributed by atoms with Crippen molar-refractivity contribution in [3.63, 3.8) is 0 Å². The summed E-state index contributed by atoms with van der Waals surface area (Å²) in [5.41, 5.74) is 3.65. The van der Waals surface area contributed by atoms with Gasteiger partial charge in [0.25, 0.3) is 0 Å². The van der Waals surface area contributed by atoms with Crippen LogP contribution in [0.5, 0.6) is 0 Å². The van der Waals surface area contributed by atoms with Gasteiger partial charge in [-0.1, -0.05) is 0 Å². The molecule has 3 heterocycles. The predicted molar refractivity (Wildman–Crippen MR) is 59.7 cm³/mol. The fraction of sp³-hybridized carbons (Fsp3) is 0.100. The van der Waals surface area contributed by atoms with Crippen molar-refractivity contribution in [2.45, 2.75) is 6.92 Å². The first kappa shape index (κ1) is 7.47. The Morgan fingerprint density at radius 2 is 1.54 bits per heavy atom. The Bertz CT molecular complexity index is 528. The van der Waals surface area contributed by atoms with Crippen LogP contribution in [-0.4, -0.2) is 4.98 Å². The lowest BCUT2D eigenvalue weighted by Gasteiger charge is -1.96. The highest BCUT2D eigenvalue weighted by Crippen LogP contribution is 2.31. The van der Waals surface area contributed by atoms with Crippen molar-refractivity contribution in [2.24, 2.45) is 0 Å². The summed E-state index contributed by atoms with van der Waals surface area (Å²) in [5.74, 6) is 0. The molecule has 0 aromatic carbocycles. The number of aryl methyl sites for hydroxylation is 1. The van der Waals surface area contributed by atoms with E-state index in [9.17, 15) is 0 Å². The van der Waals surface area contributed by atoms with Gasteiger partial charge in [-0.15, -0.1) is 22.7 Å². The van der Waals surface area contributed by atoms with Crippen molar-refractivity contribution < 1.29 is 0 Å². The first-order valence-electron chi connectivity index (χ1n) is 4.07. The van der Waals surface area contributed by atoms with Crippen LogP contribution in [0.3, 0.4) is 0 Å². The Labute approximate surface area is 83.7 Å². The molecule has 0 atom stereocenters. The molecule has 0 saturated heterocycles. The van der Waals surface area contributed by atoms with Crippen molar-refractivity contribution >= 4 is 43.1 Å². The molecular weight excluding hydrogens is 198 g/mol. The quantitative estimate of drug-likeness (QED) is 0.543. The van der Waals surface area contributed by atoms with E-state index in [1.165, 1.54) is 15.0 Å². The minimum Gasteiger partial charge on any atom is -0.246 e. The number of rotatable bonds is 0. The second-order valence-electron chi connectivity index (χ2n) is 3.01. The van der Waals surface area contributed by atoms with Crippen LogP contribution in [0.15, 0.2) is 22.9 Å². The van der Waals surface area contributed by atoms with Gasteiger partial charge in [0.05, 0.1) is 20.4 Å². The lowest BCUT2D eigenvalue weighted by atomic mass is 10.2. The maximum Gasteiger partial charge on any atom is 0.0820 e. The standard InChI is InChI=1S/C10H7NS2/c1-6-9-7(2-4-12-9)11-8-3-5-13-10(6)8/h2-5H,1H3. The van der Waals surface area contributed by atoms with Crippen LogP contribution in [0.4, 0.5) is 0 Å². The van der Waals surface area contributed by atoms with Gasteiger partial charge in [-0.2, -0.15) is 0 Å². The van der Waals surface area contributed by atoms with Crippen LogP contribution in [-0.2, 0) is 0 Å². The van der Waals surface area contributed by atoms with Crippen molar-refractivity contribution in [3.8, 4) is 0 Å². The van der Waals surface area contributed by atoms with Crippen LogP contribution in [0.1, 0.15) is 5.56 Å². The molecule has 0 saturated carbocycles. The Balaban J connectivity index is 2.67. The second kappa shape index (κ2) is 2.53. The minimum absolute atomic E-state index is 1.13. The van der Waals surface area contributed by atoms with E-state index in [1.54, 1.807) is 22.7 Å². The Morgan fingerprint density at radius 1 is 1.00 bits per heavy atom. The van der Waals surface area contributed by atoms with Crippen LogP contribution in [0, 0.1) is 6.92 Å². The number of nitrogens with zero attached hydrogens (tertiary/aromatic N) is 1. The normalized spacial score (nSPS) is 11.5. The lowest BCUT2D eigenvalue weighted by Crippen LogP contribution is -1.78. The number of hydrogen-bond acceptors (Lipinski definition) is 3. The second-order valence-corrected chi connectivity index (χ2v) is 4.84. The molecule has 3 aromatic heterocycles. The highest BCUT2D eigenvalue weighted by molar-refractivity contribution is 7.19. The average Bonchev–Trinajstić information content (AvgIpc) is 2.71. The van der Waals surface area contributed by atoms with Crippen LogP contribution < -0.4 is 0 Å². The maximum atomic E-state index is 4.58. The van der Waals surface area contributed by atoms with Crippen molar-refractivity contribution in [1.29, 1.82) is 0 Å². The third kappa shape index (κ3) is 0.943. The molecule has 0 fully saturated rings. The van der Waals surface area contributed by atoms with E-state index in [2.05, 4.69) is 34.8 Å². The lowest BCUT2D eigenvalue weighted by molar-refractivity contribution is 1.51. The SMILES string of the molecule is Cc1c2sccc2nc2ccsc12. The molecular formula is C10H7NS2. The Hall–Kier alpha value is -0.930. The van der Waals surface area contributed by atoms with E-state index >= 15 is 0 Å². The average molecular weight is 205 g/mol. The summed E-state index contributed by atoms with van der Waals surface area (Å²) in [4.78, 5) is 4.58. The molecule has 1 nitrogen and oxygen atoms in total. The monoisotopic (exact) mass is 205 g/mol. The first-order chi connectivity index (χ1) is 6.36. The molecule has 3 aromatic rings. The molecule has 0 aliphatic heterocycles. The third-order valence-corrected chi connectivity index (χ3v) is 4.26. The highest BCUT2D eigenvalue weighted by atomic mass is 32.1. The fourth-order valence-electron chi connectivity index (χ4n) is 1.58. The molecule has 0 spiro atoms. The zero-order valence-electron chi connectivity index (χ0n) is 7.07. The maximum absolute atomic E-state index is 4.58. The van der Waals surface area contributed by atoms with E-state index in [0.717, 1.165) is 11.0 Å². The third-order valence-electron chi connectivity index (χ3n) is 2.21. The van der Waals surface area contributed by atoms with Gasteiger partial charge in [-0.25, -0.2) is 4.98 Å². The molecule has 3 heteroatoms. The zero-order valence-corrected chi connectivity index (χ0v) is 8.71. The number of aromatic nitrogens is 1. The molecule has 0 unspecified atom stereocenters. The van der Waals surface area contributed by atoms with Gasteiger partial charge in [-0.05, 0) is 35.4 Å². The van der Waals surface area contributed by atoms with Gasteiger partial charge in [0.15, 0.2) is 0 Å². The Kier molecular flexibility index (Phi) is 1.45. The number of thiophene rings is 2. The summed E-state index contributed by atoms with van der Waals surface area (Å²) >= 11 is 3.55. The van der Waals surface area contributed by atoms with Gasteiger partial charge in [0, 0.05) is 0 Å². The molecule has 0 radical (unpaired) electrons. The number of fused-ring (bicyclic) bond motifs is 2. The van der Waals surface area contributed by atoms with Crippen LogP contribution in [0.2, 0.25) is 0 Å². The molecule has 13 heavy (non-hydrogen) atoms. The number of pyridine rings is 1. The highest BCUT2D eigenvalue weighted by Gasteiger charge is 2.06. The molecule has 0 aliphatic carbocycles. The topological polar surface area (TPSA) is 12.9 Å². The van der Waals surface area contributed by atoms with Crippen molar-refractivity contribution in [3.05, 3.63) is 28.5 Å². The van der Waals surface area contributed by atoms with Gasteiger partial charge < -0.3 is 0 Å². The summed E-state index contributed by atoms with van der Waals surface area (Å²) in [6.07, 6.45) is 0. The van der Waals surface area contributed by atoms with E-state index in [1.807, 2.05) is 0 Å². The summed E-state index contributed by atoms with van der Waals surface area (Å²) in [5, 5.41) is 4.21. The Morgan fingerprint density at radius 3 is 2.08 bits per heavy atom. The van der Waals surface area contributed by atoms with Gasteiger partial charge in [0.1, 0.15) is 0 Å². The largest absolute Gasteiger partial charge is 0.246 e. The van der Waals surface area contributed by atoms with Gasteiger partial charge in [-0.3, -0.25) is 0 Å². The fourth-order valence-corrected chi connectivity index (χ4v) is 3.33. The van der Waals surface area contributed by atoms with Crippen LogP contribution >= 0.6 is 22.7 Å². The van der Waals surface area contributed by atoms with Crippen LogP contribution in [0.25, 0.3) is 20.4 Å². The smallest absolute Gasteiger partial charge is 0.0820 e. The summed E-state index contributed by atoms with van der Waals surface area (Å²) < 4.78 is 2.66. The van der Waals surface area contributed by atoms with Crippen molar-refractivity contribution in [1.82, 2.24) is 4.98 Å². The van der Waals surface area contributed by atoms with E-state index in [4.69, 9.17) is 0 Å². The molecule has 3 rings (SSSR count). The van der Waals surface area contributed by atoms with Crippen molar-refractivity contribution in [2.75, 3.05) is 0 Å². The summed E-state index contributed by atoms with van der Waals surface area (Å²) in [7, 11) is 0. The molecule has 64 valence electrons. The van der Waals surface area contributed by atoms with E-state index in [0.29, 0.717) is 0 Å². The van der Waals surface area contributed by atoms with E-state index in [-0.39, 0.29) is 0 Å². The van der Waals surface area contributed by atoms with E-state index < -0.39 is 0 Å².